The molecule has 2 aromatic heterocycles. The van der Waals surface area contributed by atoms with E-state index in [0.717, 1.165) is 11.3 Å². The summed E-state index contributed by atoms with van der Waals surface area (Å²) in [6.45, 7) is -0.525. The lowest BCUT2D eigenvalue weighted by Gasteiger charge is -2.06. The van der Waals surface area contributed by atoms with Crippen LogP contribution in [0, 0.1) is 5.82 Å². The molecule has 26 heavy (non-hydrogen) atoms. The highest BCUT2D eigenvalue weighted by Gasteiger charge is 2.16. The second-order valence-electron chi connectivity index (χ2n) is 5.15. The highest BCUT2D eigenvalue weighted by atomic mass is 32.1. The molecule has 0 aliphatic rings. The number of urea groups is 1. The number of fused-ring (bicyclic) bond motifs is 1. The van der Waals surface area contributed by atoms with Crippen molar-refractivity contribution in [2.75, 3.05) is 6.61 Å². The van der Waals surface area contributed by atoms with E-state index in [1.807, 2.05) is 5.32 Å². The fraction of sp³-hybridized carbons (Fsp3) is 0.118. The molecule has 2 heterocycles. The molecule has 2 N–H and O–H groups in total. The molecule has 0 fully saturated rings. The van der Waals surface area contributed by atoms with Gasteiger partial charge >= 0.3 is 12.0 Å². The first kappa shape index (κ1) is 17.6. The van der Waals surface area contributed by atoms with E-state index in [1.165, 1.54) is 24.5 Å². The molecule has 7 nitrogen and oxygen atoms in total. The molecule has 134 valence electrons. The van der Waals surface area contributed by atoms with E-state index in [-0.39, 0.29) is 11.4 Å². The van der Waals surface area contributed by atoms with E-state index in [1.54, 1.807) is 18.2 Å². The van der Waals surface area contributed by atoms with E-state index in [0.29, 0.717) is 15.8 Å². The number of rotatable bonds is 5. The molecule has 0 aliphatic heterocycles. The number of esters is 1. The molecular weight excluding hydrogens is 363 g/mol. The third-order valence-corrected chi connectivity index (χ3v) is 4.38. The van der Waals surface area contributed by atoms with Gasteiger partial charge in [0.2, 0.25) is 0 Å². The molecule has 0 unspecified atom stereocenters. The average molecular weight is 376 g/mol. The summed E-state index contributed by atoms with van der Waals surface area (Å²) in [6.07, 6.45) is 1.46. The highest BCUT2D eigenvalue weighted by molar-refractivity contribution is 7.20. The molecule has 3 amide bonds. The van der Waals surface area contributed by atoms with Crippen molar-refractivity contribution < 1.29 is 27.9 Å². The molecule has 0 aliphatic carbocycles. The number of hydrogen-bond acceptors (Lipinski definition) is 6. The van der Waals surface area contributed by atoms with Gasteiger partial charge in [0, 0.05) is 10.1 Å². The van der Waals surface area contributed by atoms with Gasteiger partial charge in [-0.15, -0.1) is 11.3 Å². The van der Waals surface area contributed by atoms with Crippen LogP contribution in [0.15, 0.2) is 47.1 Å². The van der Waals surface area contributed by atoms with E-state index >= 15 is 0 Å². The second kappa shape index (κ2) is 7.79. The zero-order chi connectivity index (χ0) is 18.5. The smallest absolute Gasteiger partial charge is 0.348 e. The Morgan fingerprint density at radius 1 is 1.19 bits per heavy atom. The Balaban J connectivity index is 1.48. The zero-order valence-electron chi connectivity index (χ0n) is 13.3. The number of hydrogen-bond donors (Lipinski definition) is 2. The maximum absolute atomic E-state index is 13.6. The standard InChI is InChI=1S/C17H13FN2O5S/c18-12-4-1-5-13-11(12)7-14(26-13)16(22)25-9-15(21)20-17(23)19-8-10-3-2-6-24-10/h1-7H,8-9H2,(H2,19,20,21,23). The zero-order valence-corrected chi connectivity index (χ0v) is 14.1. The Morgan fingerprint density at radius 2 is 2.04 bits per heavy atom. The number of carbonyl (C=O) groups excluding carboxylic acids is 3. The van der Waals surface area contributed by atoms with Crippen LogP contribution in [-0.4, -0.2) is 24.5 Å². The lowest BCUT2D eigenvalue weighted by Crippen LogP contribution is -2.41. The molecule has 3 aromatic rings. The lowest BCUT2D eigenvalue weighted by atomic mass is 10.2. The van der Waals surface area contributed by atoms with Crippen LogP contribution in [0.5, 0.6) is 0 Å². The Kier molecular flexibility index (Phi) is 5.28. The molecule has 0 saturated carbocycles. The fourth-order valence-electron chi connectivity index (χ4n) is 2.12. The van der Waals surface area contributed by atoms with Gasteiger partial charge in [0.05, 0.1) is 12.8 Å². The van der Waals surface area contributed by atoms with Crippen molar-refractivity contribution in [3.8, 4) is 0 Å². The number of halogens is 1. The predicted molar refractivity (Wildman–Crippen MR) is 91.2 cm³/mol. The summed E-state index contributed by atoms with van der Waals surface area (Å²) in [4.78, 5) is 35.3. The Labute approximate surface area is 150 Å². The van der Waals surface area contributed by atoms with Gasteiger partial charge in [-0.05, 0) is 30.3 Å². The number of furan rings is 1. The van der Waals surface area contributed by atoms with E-state index in [9.17, 15) is 18.8 Å². The van der Waals surface area contributed by atoms with Gasteiger partial charge in [-0.3, -0.25) is 10.1 Å². The molecule has 1 aromatic carbocycles. The predicted octanol–water partition coefficient (Wildman–Crippen LogP) is 2.82. The summed E-state index contributed by atoms with van der Waals surface area (Å²) >= 11 is 1.06. The van der Waals surface area contributed by atoms with Crippen LogP contribution in [0.4, 0.5) is 9.18 Å². The minimum Gasteiger partial charge on any atom is -0.467 e. The molecule has 0 bridgehead atoms. The van der Waals surface area contributed by atoms with Gasteiger partial charge < -0.3 is 14.5 Å². The minimum absolute atomic E-state index is 0.110. The molecular formula is C17H13FN2O5S. The van der Waals surface area contributed by atoms with E-state index in [4.69, 9.17) is 9.15 Å². The maximum atomic E-state index is 13.6. The van der Waals surface area contributed by atoms with Crippen molar-refractivity contribution in [1.82, 2.24) is 10.6 Å². The normalized spacial score (nSPS) is 10.5. The summed E-state index contributed by atoms with van der Waals surface area (Å²) in [5, 5.41) is 4.75. The van der Waals surface area contributed by atoms with Gasteiger partial charge in [-0.1, -0.05) is 6.07 Å². The molecule has 0 saturated heterocycles. The molecule has 0 atom stereocenters. The summed E-state index contributed by atoms with van der Waals surface area (Å²) < 4.78 is 24.1. The first-order chi connectivity index (χ1) is 12.5. The van der Waals surface area contributed by atoms with Crippen LogP contribution in [0.3, 0.4) is 0 Å². The molecule has 3 rings (SSSR count). The number of amides is 3. The van der Waals surface area contributed by atoms with Crippen molar-refractivity contribution in [3.05, 3.63) is 59.1 Å². The monoisotopic (exact) mass is 376 g/mol. The third-order valence-electron chi connectivity index (χ3n) is 3.30. The number of imide groups is 1. The topological polar surface area (TPSA) is 97.6 Å². The van der Waals surface area contributed by atoms with Crippen LogP contribution < -0.4 is 10.6 Å². The average Bonchev–Trinajstić information content (AvgIpc) is 3.28. The first-order valence-electron chi connectivity index (χ1n) is 7.48. The summed E-state index contributed by atoms with van der Waals surface area (Å²) in [5.41, 5.74) is 0. The minimum atomic E-state index is -0.789. The highest BCUT2D eigenvalue weighted by Crippen LogP contribution is 2.28. The lowest BCUT2D eigenvalue weighted by molar-refractivity contribution is -0.123. The van der Waals surface area contributed by atoms with Crippen molar-refractivity contribution in [2.45, 2.75) is 6.54 Å². The third kappa shape index (κ3) is 4.25. The summed E-state index contributed by atoms with van der Waals surface area (Å²) in [5.74, 6) is -1.47. The number of nitrogens with one attached hydrogen (secondary N) is 2. The Morgan fingerprint density at radius 3 is 2.77 bits per heavy atom. The quantitative estimate of drug-likeness (QED) is 0.668. The Bertz CT molecular complexity index is 951. The number of carbonyl (C=O) groups is 3. The van der Waals surface area contributed by atoms with Crippen molar-refractivity contribution in [3.63, 3.8) is 0 Å². The molecule has 9 heteroatoms. The van der Waals surface area contributed by atoms with E-state index < -0.39 is 30.3 Å². The SMILES string of the molecule is O=C(COC(=O)c1cc2c(F)cccc2s1)NC(=O)NCc1ccco1. The molecule has 0 radical (unpaired) electrons. The van der Waals surface area contributed by atoms with Crippen LogP contribution in [0.2, 0.25) is 0 Å². The first-order valence-corrected chi connectivity index (χ1v) is 8.30. The van der Waals surface area contributed by atoms with Gasteiger partial charge in [0.25, 0.3) is 5.91 Å². The number of benzene rings is 1. The van der Waals surface area contributed by atoms with Crippen molar-refractivity contribution in [2.24, 2.45) is 0 Å². The summed E-state index contributed by atoms with van der Waals surface area (Å²) in [6, 6.07) is 8.46. The van der Waals surface area contributed by atoms with Gasteiger partial charge in [0.15, 0.2) is 6.61 Å². The van der Waals surface area contributed by atoms with Crippen LogP contribution >= 0.6 is 11.3 Å². The van der Waals surface area contributed by atoms with Crippen LogP contribution in [0.25, 0.3) is 10.1 Å². The fourth-order valence-corrected chi connectivity index (χ4v) is 3.08. The van der Waals surface area contributed by atoms with E-state index in [2.05, 4.69) is 5.32 Å². The van der Waals surface area contributed by atoms with Gasteiger partial charge in [-0.2, -0.15) is 0 Å². The van der Waals surface area contributed by atoms with Gasteiger partial charge in [-0.25, -0.2) is 14.0 Å². The van der Waals surface area contributed by atoms with Gasteiger partial charge in [0.1, 0.15) is 16.5 Å². The largest absolute Gasteiger partial charge is 0.467 e. The second-order valence-corrected chi connectivity index (χ2v) is 6.23. The maximum Gasteiger partial charge on any atom is 0.348 e. The molecule has 0 spiro atoms. The Hall–Kier alpha value is -3.20. The summed E-state index contributed by atoms with van der Waals surface area (Å²) in [7, 11) is 0. The number of thiophene rings is 1. The van der Waals surface area contributed by atoms with Crippen LogP contribution in [-0.2, 0) is 16.1 Å². The van der Waals surface area contributed by atoms with Crippen LogP contribution in [0.1, 0.15) is 15.4 Å². The van der Waals surface area contributed by atoms with Crippen molar-refractivity contribution in [1.29, 1.82) is 0 Å². The number of ether oxygens (including phenoxy) is 1. The van der Waals surface area contributed by atoms with Crippen molar-refractivity contribution >= 4 is 39.3 Å².